The third-order valence-corrected chi connectivity index (χ3v) is 4.14. The molecule has 2 rings (SSSR count). The monoisotopic (exact) mass is 289 g/mol. The summed E-state index contributed by atoms with van der Waals surface area (Å²) in [7, 11) is 0. The van der Waals surface area contributed by atoms with E-state index in [9.17, 15) is 15.2 Å². The van der Waals surface area contributed by atoms with Gasteiger partial charge < -0.3 is 10.4 Å². The molecule has 0 amide bonds. The minimum absolute atomic E-state index is 0.0225. The number of hydrogen-bond donors (Lipinski definition) is 2. The van der Waals surface area contributed by atoms with E-state index in [0.717, 1.165) is 25.7 Å². The fraction of sp³-hybridized carbons (Fsp3) is 0.533. The zero-order valence-corrected chi connectivity index (χ0v) is 12.0. The van der Waals surface area contributed by atoms with E-state index in [1.165, 1.54) is 12.1 Å². The Morgan fingerprint density at radius 1 is 1.52 bits per heavy atom. The van der Waals surface area contributed by atoms with Gasteiger partial charge in [0.15, 0.2) is 0 Å². The zero-order chi connectivity index (χ0) is 15.5. The van der Waals surface area contributed by atoms with E-state index >= 15 is 0 Å². The van der Waals surface area contributed by atoms with Crippen molar-refractivity contribution in [2.24, 2.45) is 5.92 Å². The standard InChI is InChI=1S/C15H19N3O3/c1-11-4-6-15(19,7-5-11)10-17-13-2-3-14(18(20)21)12(8-13)9-16/h2-3,8,11,17,19H,4-7,10H2,1H3. The molecule has 1 aliphatic rings. The SMILES string of the molecule is CC1CCC(O)(CNc2ccc([N+](=O)[O-])c(C#N)c2)CC1. The van der Waals surface area contributed by atoms with E-state index in [0.29, 0.717) is 18.2 Å². The number of hydrogen-bond acceptors (Lipinski definition) is 5. The van der Waals surface area contributed by atoms with Crippen LogP contribution in [0.3, 0.4) is 0 Å². The van der Waals surface area contributed by atoms with Crippen LogP contribution in [-0.4, -0.2) is 22.2 Å². The minimum Gasteiger partial charge on any atom is -0.388 e. The van der Waals surface area contributed by atoms with E-state index in [2.05, 4.69) is 12.2 Å². The third-order valence-electron chi connectivity index (χ3n) is 4.14. The summed E-state index contributed by atoms with van der Waals surface area (Å²) in [5.41, 5.74) is -0.298. The fourth-order valence-electron chi connectivity index (χ4n) is 2.64. The van der Waals surface area contributed by atoms with Gasteiger partial charge in [-0.05, 0) is 43.7 Å². The molecule has 0 spiro atoms. The van der Waals surface area contributed by atoms with Gasteiger partial charge in [0.05, 0.1) is 10.5 Å². The highest BCUT2D eigenvalue weighted by Crippen LogP contribution is 2.32. The number of benzene rings is 1. The van der Waals surface area contributed by atoms with Crippen LogP contribution in [0.25, 0.3) is 0 Å². The van der Waals surface area contributed by atoms with Crippen molar-refractivity contribution < 1.29 is 10.0 Å². The van der Waals surface area contributed by atoms with Gasteiger partial charge >= 0.3 is 0 Å². The van der Waals surface area contributed by atoms with E-state index in [1.54, 1.807) is 6.07 Å². The normalized spacial score (nSPS) is 25.1. The average Bonchev–Trinajstić information content (AvgIpc) is 2.48. The number of aliphatic hydroxyl groups is 1. The molecule has 1 aliphatic carbocycles. The Labute approximate surface area is 123 Å². The Bertz CT molecular complexity index is 572. The lowest BCUT2D eigenvalue weighted by Crippen LogP contribution is -2.40. The maximum Gasteiger partial charge on any atom is 0.287 e. The summed E-state index contributed by atoms with van der Waals surface area (Å²) in [5, 5.41) is 33.3. The molecule has 0 atom stereocenters. The quantitative estimate of drug-likeness (QED) is 0.656. The third kappa shape index (κ3) is 3.70. The van der Waals surface area contributed by atoms with Gasteiger partial charge in [0.1, 0.15) is 11.6 Å². The lowest BCUT2D eigenvalue weighted by molar-refractivity contribution is -0.385. The van der Waals surface area contributed by atoms with Crippen molar-refractivity contribution in [3.63, 3.8) is 0 Å². The molecular formula is C15H19N3O3. The number of rotatable bonds is 4. The Balaban J connectivity index is 2.04. The largest absolute Gasteiger partial charge is 0.388 e. The molecule has 0 saturated heterocycles. The van der Waals surface area contributed by atoms with Crippen molar-refractivity contribution in [1.29, 1.82) is 5.26 Å². The molecule has 1 saturated carbocycles. The smallest absolute Gasteiger partial charge is 0.287 e. The van der Waals surface area contributed by atoms with E-state index in [1.807, 2.05) is 6.07 Å². The summed E-state index contributed by atoms with van der Waals surface area (Å²) in [4.78, 5) is 10.2. The topological polar surface area (TPSA) is 99.2 Å². The molecule has 0 bridgehead atoms. The Morgan fingerprint density at radius 2 is 2.19 bits per heavy atom. The van der Waals surface area contributed by atoms with Gasteiger partial charge in [0, 0.05) is 18.3 Å². The van der Waals surface area contributed by atoms with Crippen LogP contribution in [0.1, 0.15) is 38.2 Å². The number of nitro benzene ring substituents is 1. The van der Waals surface area contributed by atoms with Crippen LogP contribution in [0, 0.1) is 27.4 Å². The first kappa shape index (κ1) is 15.3. The van der Waals surface area contributed by atoms with Crippen LogP contribution in [0.5, 0.6) is 0 Å². The molecule has 1 fully saturated rings. The van der Waals surface area contributed by atoms with E-state index in [4.69, 9.17) is 5.26 Å². The molecule has 6 heteroatoms. The molecule has 0 unspecified atom stereocenters. The summed E-state index contributed by atoms with van der Waals surface area (Å²) in [6.45, 7) is 2.57. The van der Waals surface area contributed by atoms with Crippen molar-refractivity contribution in [2.75, 3.05) is 11.9 Å². The second-order valence-corrected chi connectivity index (χ2v) is 5.86. The highest BCUT2D eigenvalue weighted by molar-refractivity contribution is 5.58. The maximum absolute atomic E-state index is 10.8. The maximum atomic E-state index is 10.8. The zero-order valence-electron chi connectivity index (χ0n) is 12.0. The molecule has 2 N–H and O–H groups in total. The van der Waals surface area contributed by atoms with Crippen molar-refractivity contribution in [2.45, 2.75) is 38.2 Å². The molecular weight excluding hydrogens is 270 g/mol. The molecule has 1 aromatic rings. The number of nitrogens with zero attached hydrogens (tertiary/aromatic N) is 2. The minimum atomic E-state index is -0.735. The second kappa shape index (κ2) is 6.10. The van der Waals surface area contributed by atoms with Gasteiger partial charge in [-0.25, -0.2) is 0 Å². The molecule has 0 aromatic heterocycles. The number of anilines is 1. The first-order valence-corrected chi connectivity index (χ1v) is 7.08. The predicted octanol–water partition coefficient (Wildman–Crippen LogP) is 2.82. The van der Waals surface area contributed by atoms with Gasteiger partial charge in [-0.2, -0.15) is 5.26 Å². The van der Waals surface area contributed by atoms with Gasteiger partial charge in [-0.3, -0.25) is 10.1 Å². The van der Waals surface area contributed by atoms with Crippen molar-refractivity contribution in [3.8, 4) is 6.07 Å². The first-order valence-electron chi connectivity index (χ1n) is 7.08. The van der Waals surface area contributed by atoms with Crippen molar-refractivity contribution >= 4 is 11.4 Å². The van der Waals surface area contributed by atoms with Gasteiger partial charge in [0.25, 0.3) is 5.69 Å². The van der Waals surface area contributed by atoms with Gasteiger partial charge in [-0.15, -0.1) is 0 Å². The van der Waals surface area contributed by atoms with Crippen LogP contribution in [-0.2, 0) is 0 Å². The number of nitriles is 1. The molecule has 0 aliphatic heterocycles. The number of nitrogens with one attached hydrogen (secondary N) is 1. The summed E-state index contributed by atoms with van der Waals surface area (Å²) in [5.74, 6) is 0.648. The molecule has 1 aromatic carbocycles. The van der Waals surface area contributed by atoms with Crippen LogP contribution in [0.15, 0.2) is 18.2 Å². The Hall–Kier alpha value is -2.13. The van der Waals surface area contributed by atoms with Crippen molar-refractivity contribution in [3.05, 3.63) is 33.9 Å². The summed E-state index contributed by atoms with van der Waals surface area (Å²) >= 11 is 0. The molecule has 0 heterocycles. The first-order chi connectivity index (χ1) is 9.93. The molecule has 112 valence electrons. The van der Waals surface area contributed by atoms with Gasteiger partial charge in [0.2, 0.25) is 0 Å². The van der Waals surface area contributed by atoms with Crippen LogP contribution in [0.2, 0.25) is 0 Å². The average molecular weight is 289 g/mol. The fourth-order valence-corrected chi connectivity index (χ4v) is 2.64. The number of nitro groups is 1. The summed E-state index contributed by atoms with van der Waals surface area (Å²) < 4.78 is 0. The van der Waals surface area contributed by atoms with E-state index < -0.39 is 10.5 Å². The molecule has 0 radical (unpaired) electrons. The summed E-state index contributed by atoms with van der Waals surface area (Å²) in [6, 6.07) is 6.15. The Morgan fingerprint density at radius 3 is 2.76 bits per heavy atom. The second-order valence-electron chi connectivity index (χ2n) is 5.86. The lowest BCUT2D eigenvalue weighted by Gasteiger charge is -2.35. The van der Waals surface area contributed by atoms with E-state index in [-0.39, 0.29) is 11.3 Å². The molecule has 21 heavy (non-hydrogen) atoms. The highest BCUT2D eigenvalue weighted by atomic mass is 16.6. The van der Waals surface area contributed by atoms with Crippen LogP contribution in [0.4, 0.5) is 11.4 Å². The predicted molar refractivity (Wildman–Crippen MR) is 78.9 cm³/mol. The highest BCUT2D eigenvalue weighted by Gasteiger charge is 2.31. The molecule has 6 nitrogen and oxygen atoms in total. The lowest BCUT2D eigenvalue weighted by atomic mass is 9.79. The summed E-state index contributed by atoms with van der Waals surface area (Å²) in [6.07, 6.45) is 3.50. The van der Waals surface area contributed by atoms with Crippen LogP contribution < -0.4 is 5.32 Å². The Kier molecular flexibility index (Phi) is 4.43. The van der Waals surface area contributed by atoms with Crippen molar-refractivity contribution in [1.82, 2.24) is 0 Å². The van der Waals surface area contributed by atoms with Gasteiger partial charge in [-0.1, -0.05) is 6.92 Å². The van der Waals surface area contributed by atoms with Crippen LogP contribution >= 0.6 is 0 Å².